The van der Waals surface area contributed by atoms with Crippen LogP contribution in [0.1, 0.15) is 5.69 Å². The molecule has 0 aliphatic heterocycles. The molecule has 0 atom stereocenters. The molecule has 0 radical (unpaired) electrons. The van der Waals surface area contributed by atoms with Crippen molar-refractivity contribution in [1.82, 2.24) is 19.3 Å². The maximum absolute atomic E-state index is 13.3. The molecule has 11 heteroatoms. The second-order valence-electron chi connectivity index (χ2n) is 5.34. The van der Waals surface area contributed by atoms with Gasteiger partial charge in [-0.25, -0.2) is 21.8 Å². The Labute approximate surface area is 157 Å². The van der Waals surface area contributed by atoms with Crippen molar-refractivity contribution >= 4 is 22.4 Å². The Morgan fingerprint density at radius 1 is 1.35 bits per heavy atom. The van der Waals surface area contributed by atoms with Crippen LogP contribution in [0.2, 0.25) is 0 Å². The summed E-state index contributed by atoms with van der Waals surface area (Å²) in [6, 6.07) is 6.05. The zero-order chi connectivity index (χ0) is 18.4. The van der Waals surface area contributed by atoms with Crippen LogP contribution in [0.25, 0.3) is 0 Å². The topological polar surface area (TPSA) is 103 Å². The summed E-state index contributed by atoms with van der Waals surface area (Å²) in [6.45, 7) is 0.208. The lowest BCUT2D eigenvalue weighted by atomic mass is 10.3. The van der Waals surface area contributed by atoms with Crippen molar-refractivity contribution in [3.63, 3.8) is 0 Å². The molecule has 1 aromatic heterocycles. The monoisotopic (exact) mass is 405 g/mol. The van der Waals surface area contributed by atoms with Crippen molar-refractivity contribution in [1.29, 1.82) is 0 Å². The first-order valence-electron chi connectivity index (χ1n) is 7.42. The molecule has 2 rings (SSSR count). The minimum Gasteiger partial charge on any atom is -0.487 e. The maximum atomic E-state index is 13.3. The van der Waals surface area contributed by atoms with Crippen molar-refractivity contribution in [3.8, 4) is 5.75 Å². The van der Waals surface area contributed by atoms with Crippen LogP contribution in [0, 0.1) is 0 Å². The molecular formula is C15H21ClFN5O3S. The predicted molar refractivity (Wildman–Crippen MR) is 97.2 cm³/mol. The van der Waals surface area contributed by atoms with Gasteiger partial charge in [-0.2, -0.15) is 0 Å². The van der Waals surface area contributed by atoms with Gasteiger partial charge in [0.2, 0.25) is 10.0 Å². The standard InChI is InChI=1S/C15H20FN5O3S.ClH/c1-20(2)25(22,23)15-5-3-14(4-6-15)24-11-13-10-21(19-18-13)9-12(16)7-8-17;/h3-7,10H,8-9,11,17H2,1-2H3;1H/b12-7-;. The number of nitrogens with two attached hydrogens (primary N) is 1. The lowest BCUT2D eigenvalue weighted by Gasteiger charge is -2.11. The van der Waals surface area contributed by atoms with Crippen LogP contribution in [0.5, 0.6) is 5.75 Å². The van der Waals surface area contributed by atoms with E-state index in [1.165, 1.54) is 37.0 Å². The van der Waals surface area contributed by atoms with Gasteiger partial charge in [-0.3, -0.25) is 0 Å². The largest absolute Gasteiger partial charge is 0.487 e. The third-order valence-electron chi connectivity index (χ3n) is 3.23. The number of nitrogens with zero attached hydrogens (tertiary/aromatic N) is 4. The predicted octanol–water partition coefficient (Wildman–Crippen LogP) is 1.34. The molecule has 0 spiro atoms. The van der Waals surface area contributed by atoms with Crippen LogP contribution >= 0.6 is 12.4 Å². The van der Waals surface area contributed by atoms with Gasteiger partial charge in [-0.05, 0) is 30.3 Å². The van der Waals surface area contributed by atoms with E-state index in [0.717, 1.165) is 4.31 Å². The van der Waals surface area contributed by atoms with Gasteiger partial charge in [0.05, 0.1) is 17.6 Å². The molecule has 0 aliphatic rings. The van der Waals surface area contributed by atoms with Crippen LogP contribution < -0.4 is 10.5 Å². The molecule has 8 nitrogen and oxygen atoms in total. The molecule has 2 N–H and O–H groups in total. The van der Waals surface area contributed by atoms with Gasteiger partial charge in [0.25, 0.3) is 0 Å². The molecule has 2 aromatic rings. The van der Waals surface area contributed by atoms with Crippen LogP contribution in [0.4, 0.5) is 4.39 Å². The number of halogens is 2. The van der Waals surface area contributed by atoms with Crippen LogP contribution in [-0.2, 0) is 23.2 Å². The summed E-state index contributed by atoms with van der Waals surface area (Å²) in [5.41, 5.74) is 5.75. The van der Waals surface area contributed by atoms with Gasteiger partial charge in [0.1, 0.15) is 23.9 Å². The van der Waals surface area contributed by atoms with Gasteiger partial charge >= 0.3 is 0 Å². The van der Waals surface area contributed by atoms with E-state index < -0.39 is 15.9 Å². The second-order valence-corrected chi connectivity index (χ2v) is 7.49. The van der Waals surface area contributed by atoms with E-state index in [0.29, 0.717) is 11.4 Å². The number of benzene rings is 1. The Balaban J connectivity index is 0.00000338. The van der Waals surface area contributed by atoms with Gasteiger partial charge in [0, 0.05) is 20.6 Å². The van der Waals surface area contributed by atoms with Crippen molar-refractivity contribution in [3.05, 3.63) is 48.1 Å². The van der Waals surface area contributed by atoms with Crippen molar-refractivity contribution in [2.75, 3.05) is 20.6 Å². The van der Waals surface area contributed by atoms with E-state index in [1.807, 2.05) is 0 Å². The van der Waals surface area contributed by atoms with E-state index in [2.05, 4.69) is 10.3 Å². The molecule has 0 amide bonds. The molecule has 0 saturated carbocycles. The van der Waals surface area contributed by atoms with E-state index in [1.54, 1.807) is 18.3 Å². The highest BCUT2D eigenvalue weighted by Gasteiger charge is 2.16. The van der Waals surface area contributed by atoms with Crippen LogP contribution in [-0.4, -0.2) is 48.4 Å². The number of hydrogen-bond acceptors (Lipinski definition) is 6. The van der Waals surface area contributed by atoms with Crippen molar-refractivity contribution < 1.29 is 17.5 Å². The molecule has 0 aliphatic carbocycles. The van der Waals surface area contributed by atoms with Crippen molar-refractivity contribution in [2.45, 2.75) is 18.0 Å². The van der Waals surface area contributed by atoms with Crippen LogP contribution in [0.3, 0.4) is 0 Å². The average Bonchev–Trinajstić information content (AvgIpc) is 3.00. The summed E-state index contributed by atoms with van der Waals surface area (Å²) in [4.78, 5) is 0.179. The maximum Gasteiger partial charge on any atom is 0.242 e. The Morgan fingerprint density at radius 3 is 2.58 bits per heavy atom. The average molecular weight is 406 g/mol. The fraction of sp³-hybridized carbons (Fsp3) is 0.333. The smallest absolute Gasteiger partial charge is 0.242 e. The lowest BCUT2D eigenvalue weighted by molar-refractivity contribution is 0.301. The molecule has 0 saturated heterocycles. The fourth-order valence-electron chi connectivity index (χ4n) is 1.91. The van der Waals surface area contributed by atoms with Gasteiger partial charge < -0.3 is 10.5 Å². The molecule has 144 valence electrons. The first-order chi connectivity index (χ1) is 11.8. The van der Waals surface area contributed by atoms with Gasteiger partial charge in [-0.1, -0.05) is 5.21 Å². The van der Waals surface area contributed by atoms with E-state index in [-0.39, 0.29) is 37.0 Å². The van der Waals surface area contributed by atoms with E-state index >= 15 is 0 Å². The Kier molecular flexibility index (Phi) is 8.15. The fourth-order valence-corrected chi connectivity index (χ4v) is 2.81. The summed E-state index contributed by atoms with van der Waals surface area (Å²) in [5, 5.41) is 7.68. The molecule has 0 bridgehead atoms. The van der Waals surface area contributed by atoms with E-state index in [4.69, 9.17) is 10.5 Å². The second kappa shape index (κ2) is 9.62. The first kappa shape index (κ1) is 22.0. The van der Waals surface area contributed by atoms with Gasteiger partial charge in [0.15, 0.2) is 0 Å². The molecule has 26 heavy (non-hydrogen) atoms. The summed E-state index contributed by atoms with van der Waals surface area (Å²) < 4.78 is 45.3. The van der Waals surface area contributed by atoms with Gasteiger partial charge in [-0.15, -0.1) is 17.5 Å². The van der Waals surface area contributed by atoms with Crippen molar-refractivity contribution in [2.24, 2.45) is 5.73 Å². The third-order valence-corrected chi connectivity index (χ3v) is 5.06. The summed E-state index contributed by atoms with van der Waals surface area (Å²) in [5.74, 6) is 0.0963. The number of sulfonamides is 1. The third kappa shape index (κ3) is 5.77. The molecule has 0 unspecified atom stereocenters. The minimum atomic E-state index is -3.47. The lowest BCUT2D eigenvalue weighted by Crippen LogP contribution is -2.22. The molecule has 0 fully saturated rings. The van der Waals surface area contributed by atoms with E-state index in [9.17, 15) is 12.8 Å². The molecule has 1 heterocycles. The zero-order valence-electron chi connectivity index (χ0n) is 14.4. The highest BCUT2D eigenvalue weighted by Crippen LogP contribution is 2.18. The number of ether oxygens (including phenoxy) is 1. The number of aromatic nitrogens is 3. The Hall–Kier alpha value is -2.01. The highest BCUT2D eigenvalue weighted by atomic mass is 35.5. The zero-order valence-corrected chi connectivity index (χ0v) is 16.0. The van der Waals surface area contributed by atoms with Crippen LogP contribution in [0.15, 0.2) is 47.3 Å². The number of allylic oxidation sites excluding steroid dienone is 1. The number of hydrogen-bond donors (Lipinski definition) is 1. The quantitative estimate of drug-likeness (QED) is 0.710. The summed E-state index contributed by atoms with van der Waals surface area (Å²) >= 11 is 0. The normalized spacial score (nSPS) is 12.1. The summed E-state index contributed by atoms with van der Waals surface area (Å²) in [6.07, 6.45) is 2.83. The molecule has 1 aromatic carbocycles. The Morgan fingerprint density at radius 2 is 2.00 bits per heavy atom. The first-order valence-corrected chi connectivity index (χ1v) is 8.86. The highest BCUT2D eigenvalue weighted by molar-refractivity contribution is 7.89. The molecular weight excluding hydrogens is 385 g/mol. The minimum absolute atomic E-state index is 0. The number of rotatable bonds is 8. The summed E-state index contributed by atoms with van der Waals surface area (Å²) in [7, 11) is -0.538. The SMILES string of the molecule is CN(C)S(=O)(=O)c1ccc(OCc2cn(C/C(F)=C/CN)nn2)cc1.Cl. The Bertz CT molecular complexity index is 837.